The van der Waals surface area contributed by atoms with Crippen molar-refractivity contribution in [2.45, 2.75) is 51.2 Å². The van der Waals surface area contributed by atoms with E-state index < -0.39 is 6.10 Å². The number of benzene rings is 2. The standard InChI is InChI=1S/C28H28N4O3S/c1-17(2)35-25-9-7-18(12-20(25)13-29)27-30-15-26(36-27)24-5-3-4-22-19(6-8-23(22)24)14-31-28(34)32-11-10-21(33)16-32/h3-5,7,9,12,14-15,17,19,21,33H,6,8,10-11,16H2,1-2H3/t19?,21-/m1/s1. The van der Waals surface area contributed by atoms with Gasteiger partial charge in [-0.2, -0.15) is 5.26 Å². The van der Waals surface area contributed by atoms with Crippen LogP contribution in [0.3, 0.4) is 0 Å². The van der Waals surface area contributed by atoms with Crippen LogP contribution < -0.4 is 4.74 Å². The van der Waals surface area contributed by atoms with Crippen molar-refractivity contribution in [3.05, 3.63) is 59.3 Å². The maximum Gasteiger partial charge on any atom is 0.343 e. The van der Waals surface area contributed by atoms with Crippen molar-refractivity contribution >= 4 is 23.6 Å². The third-order valence-corrected chi connectivity index (χ3v) is 7.68. The second-order valence-electron chi connectivity index (χ2n) is 9.49. The van der Waals surface area contributed by atoms with Gasteiger partial charge < -0.3 is 14.7 Å². The molecule has 0 saturated carbocycles. The Labute approximate surface area is 214 Å². The summed E-state index contributed by atoms with van der Waals surface area (Å²) in [5.41, 5.74) is 5.01. The number of β-amino-alcohol motifs (C(OH)–C–C–N with tert-alkyl or cyclic N) is 1. The van der Waals surface area contributed by atoms with Crippen LogP contribution in [0.1, 0.15) is 49.3 Å². The zero-order valence-corrected chi connectivity index (χ0v) is 21.2. The summed E-state index contributed by atoms with van der Waals surface area (Å²) in [4.78, 5) is 23.9. The molecule has 2 aliphatic rings. The molecule has 1 aromatic heterocycles. The third kappa shape index (κ3) is 4.90. The maximum absolute atomic E-state index is 12.4. The Bertz CT molecular complexity index is 1360. The van der Waals surface area contributed by atoms with E-state index in [9.17, 15) is 15.2 Å². The molecule has 7 nitrogen and oxygen atoms in total. The molecule has 36 heavy (non-hydrogen) atoms. The lowest BCUT2D eigenvalue weighted by molar-refractivity contribution is 0.175. The largest absolute Gasteiger partial charge is 0.490 e. The molecule has 0 radical (unpaired) electrons. The Kier molecular flexibility index (Phi) is 6.86. The Hall–Kier alpha value is -3.54. The smallest absolute Gasteiger partial charge is 0.343 e. The molecule has 1 N–H and O–H groups in total. The normalized spacial score (nSPS) is 19.1. The molecule has 5 rings (SSSR count). The first-order valence-corrected chi connectivity index (χ1v) is 13.0. The SMILES string of the molecule is CC(C)Oc1ccc(-c2ncc(-c3cccc4c3CCC4C=NC(=O)N3CC[C@@H](O)C3)s2)cc1C#N. The van der Waals surface area contributed by atoms with Gasteiger partial charge in [0.15, 0.2) is 0 Å². The Morgan fingerprint density at radius 1 is 1.33 bits per heavy atom. The van der Waals surface area contributed by atoms with Gasteiger partial charge in [0.2, 0.25) is 0 Å². The highest BCUT2D eigenvalue weighted by Gasteiger charge is 2.27. The summed E-state index contributed by atoms with van der Waals surface area (Å²) in [6, 6.07) is 13.8. The molecule has 1 saturated heterocycles. The fourth-order valence-corrected chi connectivity index (χ4v) is 5.83. The molecule has 1 fully saturated rings. The summed E-state index contributed by atoms with van der Waals surface area (Å²) >= 11 is 1.60. The predicted molar refractivity (Wildman–Crippen MR) is 141 cm³/mol. The van der Waals surface area contributed by atoms with E-state index in [2.05, 4.69) is 28.2 Å². The summed E-state index contributed by atoms with van der Waals surface area (Å²) < 4.78 is 5.75. The number of carbonyl (C=O) groups is 1. The Balaban J connectivity index is 1.36. The molecule has 1 aliphatic carbocycles. The molecule has 3 aromatic rings. The molecule has 1 unspecified atom stereocenters. The first kappa shape index (κ1) is 24.2. The van der Waals surface area contributed by atoms with E-state index in [0.717, 1.165) is 33.9 Å². The zero-order valence-electron chi connectivity index (χ0n) is 20.3. The van der Waals surface area contributed by atoms with Gasteiger partial charge in [-0.1, -0.05) is 18.2 Å². The summed E-state index contributed by atoms with van der Waals surface area (Å²) in [6.45, 7) is 4.79. The molecule has 0 bridgehead atoms. The topological polar surface area (TPSA) is 98.8 Å². The van der Waals surface area contributed by atoms with E-state index in [1.54, 1.807) is 22.5 Å². The average Bonchev–Trinajstić information content (AvgIpc) is 3.62. The lowest BCUT2D eigenvalue weighted by atomic mass is 9.99. The molecule has 2 heterocycles. The van der Waals surface area contributed by atoms with Gasteiger partial charge in [-0.05, 0) is 68.0 Å². The van der Waals surface area contributed by atoms with Crippen LogP contribution in [0.5, 0.6) is 5.75 Å². The van der Waals surface area contributed by atoms with E-state index in [4.69, 9.17) is 4.74 Å². The molecule has 0 spiro atoms. The predicted octanol–water partition coefficient (Wildman–Crippen LogP) is 5.42. The number of ether oxygens (including phenoxy) is 1. The van der Waals surface area contributed by atoms with Gasteiger partial charge in [-0.3, -0.25) is 0 Å². The van der Waals surface area contributed by atoms with Crippen molar-refractivity contribution in [2.75, 3.05) is 13.1 Å². The minimum absolute atomic E-state index is 0.00491. The van der Waals surface area contributed by atoms with Crippen LogP contribution in [0.15, 0.2) is 47.6 Å². The number of nitrogens with zero attached hydrogens (tertiary/aromatic N) is 4. The molecular weight excluding hydrogens is 472 g/mol. The van der Waals surface area contributed by atoms with E-state index in [1.165, 1.54) is 11.1 Å². The highest BCUT2D eigenvalue weighted by atomic mass is 32.1. The number of amides is 2. The van der Waals surface area contributed by atoms with Crippen LogP contribution in [0.25, 0.3) is 21.0 Å². The lowest BCUT2D eigenvalue weighted by Gasteiger charge is -2.12. The van der Waals surface area contributed by atoms with Gasteiger partial charge in [0.25, 0.3) is 0 Å². The lowest BCUT2D eigenvalue weighted by Crippen LogP contribution is -2.27. The van der Waals surface area contributed by atoms with E-state index >= 15 is 0 Å². The van der Waals surface area contributed by atoms with Crippen molar-refractivity contribution in [3.63, 3.8) is 0 Å². The maximum atomic E-state index is 12.4. The fourth-order valence-electron chi connectivity index (χ4n) is 4.86. The zero-order chi connectivity index (χ0) is 25.2. The van der Waals surface area contributed by atoms with Crippen molar-refractivity contribution in [3.8, 4) is 32.8 Å². The van der Waals surface area contributed by atoms with E-state index in [-0.39, 0.29) is 18.1 Å². The van der Waals surface area contributed by atoms with Crippen LogP contribution >= 0.6 is 11.3 Å². The molecule has 8 heteroatoms. The quantitative estimate of drug-likeness (QED) is 0.472. The van der Waals surface area contributed by atoms with Gasteiger partial charge in [-0.25, -0.2) is 14.8 Å². The van der Waals surface area contributed by atoms with Gasteiger partial charge in [0.1, 0.15) is 16.8 Å². The van der Waals surface area contributed by atoms with Crippen molar-refractivity contribution < 1.29 is 14.6 Å². The van der Waals surface area contributed by atoms with Gasteiger partial charge in [0, 0.05) is 37.0 Å². The Morgan fingerprint density at radius 2 is 2.19 bits per heavy atom. The first-order valence-electron chi connectivity index (χ1n) is 12.2. The summed E-state index contributed by atoms with van der Waals surface area (Å²) in [5.74, 6) is 0.677. The van der Waals surface area contributed by atoms with Crippen LogP contribution in [0, 0.1) is 11.3 Å². The molecule has 2 aromatic carbocycles. The highest BCUT2D eigenvalue weighted by molar-refractivity contribution is 7.18. The minimum atomic E-state index is -0.444. The van der Waals surface area contributed by atoms with Crippen LogP contribution in [-0.2, 0) is 6.42 Å². The number of urea groups is 1. The molecule has 2 amide bonds. The number of fused-ring (bicyclic) bond motifs is 1. The monoisotopic (exact) mass is 500 g/mol. The summed E-state index contributed by atoms with van der Waals surface area (Å²) in [6.07, 6.45) is 5.64. The number of aliphatic hydroxyl groups is 1. The second kappa shape index (κ2) is 10.2. The van der Waals surface area contributed by atoms with E-state index in [0.29, 0.717) is 30.8 Å². The van der Waals surface area contributed by atoms with Crippen molar-refractivity contribution in [2.24, 2.45) is 4.99 Å². The number of hydrogen-bond donors (Lipinski definition) is 1. The van der Waals surface area contributed by atoms with Gasteiger partial charge in [-0.15, -0.1) is 11.3 Å². The highest BCUT2D eigenvalue weighted by Crippen LogP contribution is 2.41. The summed E-state index contributed by atoms with van der Waals surface area (Å²) in [7, 11) is 0. The average molecular weight is 501 g/mol. The number of thiazole rings is 1. The number of rotatable bonds is 5. The van der Waals surface area contributed by atoms with Crippen LogP contribution in [0.2, 0.25) is 0 Å². The number of aliphatic hydroxyl groups excluding tert-OH is 1. The molecule has 184 valence electrons. The molecule has 1 aliphatic heterocycles. The van der Waals surface area contributed by atoms with Gasteiger partial charge >= 0.3 is 6.03 Å². The molecular formula is C28H28N4O3S. The first-order chi connectivity index (χ1) is 17.4. The third-order valence-electron chi connectivity index (χ3n) is 6.60. The van der Waals surface area contributed by atoms with E-state index in [1.807, 2.05) is 44.3 Å². The van der Waals surface area contributed by atoms with Crippen molar-refractivity contribution in [1.82, 2.24) is 9.88 Å². The van der Waals surface area contributed by atoms with Crippen LogP contribution in [-0.4, -0.2) is 52.5 Å². The van der Waals surface area contributed by atoms with Gasteiger partial charge in [0.05, 0.1) is 22.6 Å². The number of nitriles is 1. The fraction of sp³-hybridized carbons (Fsp3) is 0.357. The number of aromatic nitrogens is 1. The second-order valence-corrected chi connectivity index (χ2v) is 10.5. The number of hydrogen-bond acceptors (Lipinski definition) is 6. The number of aliphatic imine (C=N–C) groups is 1. The summed E-state index contributed by atoms with van der Waals surface area (Å²) in [5, 5.41) is 20.1. The Morgan fingerprint density at radius 3 is 2.94 bits per heavy atom. The number of carbonyl (C=O) groups excluding carboxylic acids is 1. The number of likely N-dealkylation sites (tertiary alicyclic amines) is 1. The van der Waals surface area contributed by atoms with Crippen LogP contribution in [0.4, 0.5) is 4.79 Å². The minimum Gasteiger partial charge on any atom is -0.490 e. The molecule has 2 atom stereocenters. The van der Waals surface area contributed by atoms with Crippen molar-refractivity contribution in [1.29, 1.82) is 5.26 Å².